The molecule has 0 aliphatic rings. The number of nitrogens with one attached hydrogen (secondary N) is 1. The average molecular weight is 399 g/mol. The number of non-ortho nitro benzene ring substituents is 1. The van der Waals surface area contributed by atoms with Gasteiger partial charge in [-0.05, 0) is 36.8 Å². The Hall–Kier alpha value is -4.26. The lowest BCUT2D eigenvalue weighted by molar-refractivity contribution is -0.384. The van der Waals surface area contributed by atoms with Crippen molar-refractivity contribution in [1.29, 1.82) is 0 Å². The highest BCUT2D eigenvalue weighted by Gasteiger charge is 2.15. The zero-order chi connectivity index (χ0) is 21.1. The van der Waals surface area contributed by atoms with Gasteiger partial charge in [0.2, 0.25) is 11.8 Å². The first-order chi connectivity index (χ1) is 14.5. The molecule has 4 aromatic rings. The summed E-state index contributed by atoms with van der Waals surface area (Å²) in [7, 11) is 0. The zero-order valence-electron chi connectivity index (χ0n) is 16.0. The summed E-state index contributed by atoms with van der Waals surface area (Å²) in [4.78, 5) is 27.3. The van der Waals surface area contributed by atoms with E-state index >= 15 is 0 Å². The van der Waals surface area contributed by atoms with E-state index in [-0.39, 0.29) is 17.5 Å². The molecular formula is C23H17N3O4. The lowest BCUT2D eigenvalue weighted by Gasteiger charge is -2.06. The Morgan fingerprint density at radius 2 is 1.87 bits per heavy atom. The van der Waals surface area contributed by atoms with Crippen LogP contribution in [-0.2, 0) is 4.79 Å². The summed E-state index contributed by atoms with van der Waals surface area (Å²) in [5.41, 5.74) is 3.90. The maximum absolute atomic E-state index is 12.4. The minimum absolute atomic E-state index is 0.0759. The highest BCUT2D eigenvalue weighted by molar-refractivity contribution is 6.04. The van der Waals surface area contributed by atoms with Crippen LogP contribution >= 0.6 is 0 Å². The van der Waals surface area contributed by atoms with Gasteiger partial charge in [-0.15, -0.1) is 0 Å². The van der Waals surface area contributed by atoms with Crippen LogP contribution in [0.3, 0.4) is 0 Å². The summed E-state index contributed by atoms with van der Waals surface area (Å²) in [6.07, 6.45) is 3.19. The quantitative estimate of drug-likeness (QED) is 0.277. The van der Waals surface area contributed by atoms with Gasteiger partial charge < -0.3 is 9.73 Å². The van der Waals surface area contributed by atoms with Crippen molar-refractivity contribution < 1.29 is 14.1 Å². The predicted octanol–water partition coefficient (Wildman–Crippen LogP) is 5.36. The molecule has 0 saturated carbocycles. The van der Waals surface area contributed by atoms with Crippen LogP contribution in [0.5, 0.6) is 0 Å². The summed E-state index contributed by atoms with van der Waals surface area (Å²) in [6.45, 7) is 2.00. The van der Waals surface area contributed by atoms with Crippen molar-refractivity contribution in [2.24, 2.45) is 0 Å². The van der Waals surface area contributed by atoms with Crippen LogP contribution in [0, 0.1) is 17.0 Å². The molecule has 4 rings (SSSR count). The molecule has 7 heteroatoms. The van der Waals surface area contributed by atoms with Crippen molar-refractivity contribution in [3.63, 3.8) is 0 Å². The number of nitro benzene ring substituents is 1. The van der Waals surface area contributed by atoms with Gasteiger partial charge in [-0.2, -0.15) is 0 Å². The minimum atomic E-state index is -0.490. The Balaban J connectivity index is 1.59. The van der Waals surface area contributed by atoms with Gasteiger partial charge >= 0.3 is 0 Å². The second-order valence-corrected chi connectivity index (χ2v) is 6.71. The number of hydrogen-bond donors (Lipinski definition) is 1. The first-order valence-electron chi connectivity index (χ1n) is 9.20. The van der Waals surface area contributed by atoms with Crippen LogP contribution in [0.1, 0.15) is 11.1 Å². The number of amides is 1. The number of aromatic nitrogens is 1. The molecule has 0 saturated heterocycles. The van der Waals surface area contributed by atoms with E-state index < -0.39 is 4.92 Å². The zero-order valence-corrected chi connectivity index (χ0v) is 16.0. The Morgan fingerprint density at radius 1 is 1.10 bits per heavy atom. The number of benzene rings is 3. The van der Waals surface area contributed by atoms with Crippen LogP contribution < -0.4 is 5.32 Å². The molecule has 1 aromatic heterocycles. The van der Waals surface area contributed by atoms with Gasteiger partial charge in [0.15, 0.2) is 5.58 Å². The van der Waals surface area contributed by atoms with E-state index in [1.807, 2.05) is 31.2 Å². The minimum Gasteiger partial charge on any atom is -0.436 e. The van der Waals surface area contributed by atoms with Gasteiger partial charge in [-0.25, -0.2) is 4.98 Å². The summed E-state index contributed by atoms with van der Waals surface area (Å²) in [5.74, 6) is -0.0290. The Morgan fingerprint density at radius 3 is 2.63 bits per heavy atom. The number of hydrogen-bond acceptors (Lipinski definition) is 5. The predicted molar refractivity (Wildman–Crippen MR) is 115 cm³/mol. The fourth-order valence-corrected chi connectivity index (χ4v) is 2.94. The molecule has 0 aliphatic carbocycles. The van der Waals surface area contributed by atoms with E-state index in [4.69, 9.17) is 4.42 Å². The second kappa shape index (κ2) is 8.00. The Labute approximate surface area is 171 Å². The fraction of sp³-hybridized carbons (Fsp3) is 0.0435. The standard InChI is InChI=1S/C23H17N3O4/c1-15-6-8-16(9-7-15)10-13-22(27)24-19-5-3-2-4-18(19)23-25-20-12-11-17(26(28)29)14-21(20)30-23/h2-14H,1H3,(H,24,27). The third-order valence-electron chi connectivity index (χ3n) is 4.50. The first kappa shape index (κ1) is 19.1. The molecule has 0 fully saturated rings. The van der Waals surface area contributed by atoms with Gasteiger partial charge in [-0.1, -0.05) is 42.0 Å². The third-order valence-corrected chi connectivity index (χ3v) is 4.50. The second-order valence-electron chi connectivity index (χ2n) is 6.71. The van der Waals surface area contributed by atoms with Crippen molar-refractivity contribution in [3.05, 3.63) is 94.0 Å². The van der Waals surface area contributed by atoms with Crippen molar-refractivity contribution in [3.8, 4) is 11.5 Å². The number of nitrogens with zero attached hydrogens (tertiary/aromatic N) is 2. The number of rotatable bonds is 5. The molecule has 0 bridgehead atoms. The molecule has 1 heterocycles. The molecule has 30 heavy (non-hydrogen) atoms. The maximum atomic E-state index is 12.4. The number of oxazole rings is 1. The van der Waals surface area contributed by atoms with Gasteiger partial charge in [0.05, 0.1) is 22.2 Å². The van der Waals surface area contributed by atoms with E-state index in [0.717, 1.165) is 11.1 Å². The largest absolute Gasteiger partial charge is 0.436 e. The Kier molecular flexibility index (Phi) is 5.09. The van der Waals surface area contributed by atoms with Crippen LogP contribution in [-0.4, -0.2) is 15.8 Å². The van der Waals surface area contributed by atoms with E-state index in [9.17, 15) is 14.9 Å². The molecule has 0 atom stereocenters. The van der Waals surface area contributed by atoms with E-state index in [1.54, 1.807) is 30.3 Å². The average Bonchev–Trinajstić information content (AvgIpc) is 3.17. The molecule has 0 unspecified atom stereocenters. The number of carbonyl (C=O) groups excluding carboxylic acids is 1. The molecule has 7 nitrogen and oxygen atoms in total. The topological polar surface area (TPSA) is 98.3 Å². The van der Waals surface area contributed by atoms with Crippen LogP contribution in [0.15, 0.2) is 77.2 Å². The monoisotopic (exact) mass is 399 g/mol. The molecular weight excluding hydrogens is 382 g/mol. The van der Waals surface area contributed by atoms with Crippen molar-refractivity contribution in [2.45, 2.75) is 6.92 Å². The number of fused-ring (bicyclic) bond motifs is 1. The number of anilines is 1. The normalized spacial score (nSPS) is 11.1. The maximum Gasteiger partial charge on any atom is 0.273 e. The van der Waals surface area contributed by atoms with E-state index in [2.05, 4.69) is 10.3 Å². The Bertz CT molecular complexity index is 1270. The molecule has 1 N–H and O–H groups in total. The fourth-order valence-electron chi connectivity index (χ4n) is 2.94. The SMILES string of the molecule is Cc1ccc(C=CC(=O)Nc2ccccc2-c2nc3ccc([N+](=O)[O-])cc3o2)cc1. The van der Waals surface area contributed by atoms with E-state index in [0.29, 0.717) is 22.4 Å². The number of nitro groups is 1. The van der Waals surface area contributed by atoms with Crippen molar-refractivity contribution in [1.82, 2.24) is 4.98 Å². The van der Waals surface area contributed by atoms with Crippen LogP contribution in [0.25, 0.3) is 28.6 Å². The van der Waals surface area contributed by atoms with Gasteiger partial charge in [0.1, 0.15) is 5.52 Å². The smallest absolute Gasteiger partial charge is 0.273 e. The van der Waals surface area contributed by atoms with Crippen molar-refractivity contribution >= 4 is 34.5 Å². The molecule has 0 spiro atoms. The molecule has 0 aliphatic heterocycles. The van der Waals surface area contributed by atoms with Crippen LogP contribution in [0.2, 0.25) is 0 Å². The first-order valence-corrected chi connectivity index (χ1v) is 9.20. The molecule has 148 valence electrons. The van der Waals surface area contributed by atoms with Gasteiger partial charge in [-0.3, -0.25) is 14.9 Å². The van der Waals surface area contributed by atoms with Gasteiger partial charge in [0, 0.05) is 12.1 Å². The van der Waals surface area contributed by atoms with Crippen molar-refractivity contribution in [2.75, 3.05) is 5.32 Å². The lowest BCUT2D eigenvalue weighted by Crippen LogP contribution is -2.08. The number of aryl methyl sites for hydroxylation is 1. The van der Waals surface area contributed by atoms with Gasteiger partial charge in [0.25, 0.3) is 5.69 Å². The van der Waals surface area contributed by atoms with E-state index in [1.165, 1.54) is 24.3 Å². The summed E-state index contributed by atoms with van der Waals surface area (Å²) < 4.78 is 5.72. The lowest BCUT2D eigenvalue weighted by atomic mass is 10.1. The summed E-state index contributed by atoms with van der Waals surface area (Å²) in [6, 6.07) is 19.1. The highest BCUT2D eigenvalue weighted by atomic mass is 16.6. The molecule has 1 amide bonds. The molecule has 3 aromatic carbocycles. The number of carbonyl (C=O) groups is 1. The third kappa shape index (κ3) is 4.10. The summed E-state index contributed by atoms with van der Waals surface area (Å²) >= 11 is 0. The highest BCUT2D eigenvalue weighted by Crippen LogP contribution is 2.31. The van der Waals surface area contributed by atoms with Crippen LogP contribution in [0.4, 0.5) is 11.4 Å². The number of para-hydroxylation sites is 1. The molecule has 0 radical (unpaired) electrons. The summed E-state index contributed by atoms with van der Waals surface area (Å²) in [5, 5.41) is 13.8.